The summed E-state index contributed by atoms with van der Waals surface area (Å²) in [6.45, 7) is 6.78. The Bertz CT molecular complexity index is 421. The molecule has 4 heteroatoms. The molecule has 2 rings (SSSR count). The summed E-state index contributed by atoms with van der Waals surface area (Å²) >= 11 is 3.51. The van der Waals surface area contributed by atoms with Gasteiger partial charge in [0, 0.05) is 36.2 Å². The zero-order valence-corrected chi connectivity index (χ0v) is 15.1. The lowest BCUT2D eigenvalue weighted by Crippen LogP contribution is -2.52. The van der Waals surface area contributed by atoms with Gasteiger partial charge in [-0.3, -0.25) is 0 Å². The van der Waals surface area contributed by atoms with Crippen molar-refractivity contribution in [2.45, 2.75) is 31.8 Å². The van der Waals surface area contributed by atoms with Gasteiger partial charge in [0.25, 0.3) is 0 Å². The van der Waals surface area contributed by atoms with Gasteiger partial charge in [-0.2, -0.15) is 0 Å². The number of halogens is 1. The van der Waals surface area contributed by atoms with Crippen molar-refractivity contribution in [3.8, 4) is 0 Å². The van der Waals surface area contributed by atoms with Crippen LogP contribution in [-0.4, -0.2) is 62.2 Å². The minimum atomic E-state index is 0.551. The van der Waals surface area contributed by atoms with Crippen LogP contribution in [0.3, 0.4) is 0 Å². The Balaban J connectivity index is 1.96. The van der Waals surface area contributed by atoms with Crippen molar-refractivity contribution >= 4 is 15.9 Å². The smallest absolute Gasteiger partial charge is 0.0235 e. The molecule has 3 nitrogen and oxygen atoms in total. The van der Waals surface area contributed by atoms with Gasteiger partial charge in [0.1, 0.15) is 0 Å². The average molecular weight is 354 g/mol. The Morgan fingerprint density at radius 2 is 1.95 bits per heavy atom. The maximum atomic E-state index is 3.67. The van der Waals surface area contributed by atoms with Crippen LogP contribution in [0.2, 0.25) is 0 Å². The van der Waals surface area contributed by atoms with E-state index in [2.05, 4.69) is 76.3 Å². The standard InChI is InChI=1S/C17H28BrN3/c1-4-19-16(11-14-5-7-15(18)8-6-14)12-17-13-20(2)9-10-21(17)3/h5-8,16-17,19H,4,9-13H2,1-3H3. The number of nitrogens with zero attached hydrogens (tertiary/aromatic N) is 2. The summed E-state index contributed by atoms with van der Waals surface area (Å²) < 4.78 is 1.15. The van der Waals surface area contributed by atoms with Gasteiger partial charge in [0.2, 0.25) is 0 Å². The summed E-state index contributed by atoms with van der Waals surface area (Å²) in [6, 6.07) is 9.94. The second-order valence-corrected chi connectivity index (χ2v) is 7.13. The maximum Gasteiger partial charge on any atom is 0.0235 e. The Morgan fingerprint density at radius 1 is 1.24 bits per heavy atom. The molecule has 0 spiro atoms. The van der Waals surface area contributed by atoms with Crippen molar-refractivity contribution in [3.05, 3.63) is 34.3 Å². The zero-order valence-electron chi connectivity index (χ0n) is 13.5. The van der Waals surface area contributed by atoms with Gasteiger partial charge in [-0.1, -0.05) is 35.0 Å². The van der Waals surface area contributed by atoms with Gasteiger partial charge < -0.3 is 15.1 Å². The van der Waals surface area contributed by atoms with E-state index >= 15 is 0 Å². The van der Waals surface area contributed by atoms with Gasteiger partial charge in [-0.15, -0.1) is 0 Å². The van der Waals surface area contributed by atoms with Crippen molar-refractivity contribution in [1.82, 2.24) is 15.1 Å². The van der Waals surface area contributed by atoms with E-state index in [9.17, 15) is 0 Å². The molecule has 1 N–H and O–H groups in total. The van der Waals surface area contributed by atoms with Crippen molar-refractivity contribution < 1.29 is 0 Å². The number of rotatable bonds is 6. The van der Waals surface area contributed by atoms with Crippen molar-refractivity contribution in [2.75, 3.05) is 40.3 Å². The Labute approximate surface area is 137 Å². The highest BCUT2D eigenvalue weighted by atomic mass is 79.9. The van der Waals surface area contributed by atoms with Gasteiger partial charge in [0.15, 0.2) is 0 Å². The first-order valence-electron chi connectivity index (χ1n) is 7.95. The summed E-state index contributed by atoms with van der Waals surface area (Å²) in [4.78, 5) is 4.97. The number of benzene rings is 1. The normalized spacial score (nSPS) is 22.4. The van der Waals surface area contributed by atoms with Gasteiger partial charge in [0.05, 0.1) is 0 Å². The first-order valence-corrected chi connectivity index (χ1v) is 8.74. The molecule has 1 aromatic rings. The van der Waals surface area contributed by atoms with Crippen molar-refractivity contribution in [3.63, 3.8) is 0 Å². The fourth-order valence-electron chi connectivity index (χ4n) is 3.12. The molecule has 2 unspecified atom stereocenters. The summed E-state index contributed by atoms with van der Waals surface area (Å²) in [5, 5.41) is 3.67. The van der Waals surface area contributed by atoms with Crippen molar-refractivity contribution in [1.29, 1.82) is 0 Å². The van der Waals surface area contributed by atoms with Crippen LogP contribution in [0.5, 0.6) is 0 Å². The molecule has 0 radical (unpaired) electrons. The first kappa shape index (κ1) is 16.9. The lowest BCUT2D eigenvalue weighted by atomic mass is 9.97. The zero-order chi connectivity index (χ0) is 15.2. The SMILES string of the molecule is CCNC(Cc1ccc(Br)cc1)CC1CN(C)CCN1C. The van der Waals surface area contributed by atoms with Crippen LogP contribution in [0.25, 0.3) is 0 Å². The van der Waals surface area contributed by atoms with Crippen molar-refractivity contribution in [2.24, 2.45) is 0 Å². The van der Waals surface area contributed by atoms with E-state index in [1.54, 1.807) is 0 Å². The van der Waals surface area contributed by atoms with E-state index in [0.29, 0.717) is 12.1 Å². The molecule has 0 aliphatic carbocycles. The molecule has 1 aliphatic rings. The van der Waals surface area contributed by atoms with Crippen LogP contribution in [0.15, 0.2) is 28.7 Å². The number of hydrogen-bond donors (Lipinski definition) is 1. The van der Waals surface area contributed by atoms with Crippen LogP contribution in [-0.2, 0) is 6.42 Å². The van der Waals surface area contributed by atoms with Gasteiger partial charge >= 0.3 is 0 Å². The largest absolute Gasteiger partial charge is 0.314 e. The molecule has 1 aliphatic heterocycles. The Morgan fingerprint density at radius 3 is 2.62 bits per heavy atom. The van der Waals surface area contributed by atoms with Crippen LogP contribution in [0, 0.1) is 0 Å². The topological polar surface area (TPSA) is 18.5 Å². The molecule has 118 valence electrons. The summed E-state index contributed by atoms with van der Waals surface area (Å²) in [7, 11) is 4.50. The van der Waals surface area contributed by atoms with Crippen LogP contribution in [0.1, 0.15) is 18.9 Å². The Kier molecular flexibility index (Phi) is 6.68. The van der Waals surface area contributed by atoms with Gasteiger partial charge in [-0.05, 0) is 51.2 Å². The molecule has 0 saturated carbocycles. The molecular formula is C17H28BrN3. The van der Waals surface area contributed by atoms with Gasteiger partial charge in [-0.25, -0.2) is 0 Å². The molecule has 0 aromatic heterocycles. The molecular weight excluding hydrogens is 326 g/mol. The molecule has 21 heavy (non-hydrogen) atoms. The number of likely N-dealkylation sites (N-methyl/N-ethyl adjacent to an activating group) is 3. The number of nitrogens with one attached hydrogen (secondary N) is 1. The fraction of sp³-hybridized carbons (Fsp3) is 0.647. The van der Waals surface area contributed by atoms with E-state index in [0.717, 1.165) is 17.4 Å². The highest BCUT2D eigenvalue weighted by Crippen LogP contribution is 2.16. The summed E-state index contributed by atoms with van der Waals surface area (Å²) in [6.07, 6.45) is 2.32. The van der Waals surface area contributed by atoms with E-state index in [-0.39, 0.29) is 0 Å². The lowest BCUT2D eigenvalue weighted by molar-refractivity contribution is 0.101. The van der Waals surface area contributed by atoms with E-state index in [1.165, 1.54) is 31.6 Å². The maximum absolute atomic E-state index is 3.67. The molecule has 2 atom stereocenters. The number of piperazine rings is 1. The third kappa shape index (κ3) is 5.37. The molecule has 1 saturated heterocycles. The quantitative estimate of drug-likeness (QED) is 0.847. The second kappa shape index (κ2) is 8.28. The molecule has 0 bridgehead atoms. The monoisotopic (exact) mass is 353 g/mol. The number of hydrogen-bond acceptors (Lipinski definition) is 3. The first-order chi connectivity index (χ1) is 10.1. The summed E-state index contributed by atoms with van der Waals surface area (Å²) in [5.41, 5.74) is 1.41. The molecule has 0 amide bonds. The third-order valence-corrected chi connectivity index (χ3v) is 4.95. The predicted octanol–water partition coefficient (Wildman–Crippen LogP) is 2.61. The van der Waals surface area contributed by atoms with Crippen LogP contribution >= 0.6 is 15.9 Å². The van der Waals surface area contributed by atoms with E-state index < -0.39 is 0 Å². The Hall–Kier alpha value is -0.420. The predicted molar refractivity (Wildman–Crippen MR) is 93.8 cm³/mol. The third-order valence-electron chi connectivity index (χ3n) is 4.42. The minimum absolute atomic E-state index is 0.551. The van der Waals surface area contributed by atoms with E-state index in [1.807, 2.05) is 0 Å². The highest BCUT2D eigenvalue weighted by Gasteiger charge is 2.25. The average Bonchev–Trinajstić information content (AvgIpc) is 2.45. The summed E-state index contributed by atoms with van der Waals surface area (Å²) in [5.74, 6) is 0. The second-order valence-electron chi connectivity index (χ2n) is 6.22. The molecule has 1 aromatic carbocycles. The van der Waals surface area contributed by atoms with E-state index in [4.69, 9.17) is 0 Å². The highest BCUT2D eigenvalue weighted by molar-refractivity contribution is 9.10. The lowest BCUT2D eigenvalue weighted by Gasteiger charge is -2.39. The minimum Gasteiger partial charge on any atom is -0.314 e. The molecule has 1 heterocycles. The fourth-order valence-corrected chi connectivity index (χ4v) is 3.38. The van der Waals surface area contributed by atoms with Crippen LogP contribution < -0.4 is 5.32 Å². The van der Waals surface area contributed by atoms with Crippen LogP contribution in [0.4, 0.5) is 0 Å². The molecule has 1 fully saturated rings.